The third kappa shape index (κ3) is 4.72. The van der Waals surface area contributed by atoms with Crippen molar-refractivity contribution in [1.29, 1.82) is 0 Å². The molecule has 0 fully saturated rings. The highest BCUT2D eigenvalue weighted by atomic mass is 16.4. The Hall–Kier alpha value is -1.61. The summed E-state index contributed by atoms with van der Waals surface area (Å²) in [5.41, 5.74) is 2.13. The lowest BCUT2D eigenvalue weighted by atomic mass is 9.84. The standard InChI is InChI=1S/C15H21NO2/c1-12(9-14(17)18)10-16-11-15(2,3)13-7-5-4-6-8-13/h4-9,16H,10-11H2,1-3H3,(H,17,18)/b12-9-. The van der Waals surface area contributed by atoms with Crippen LogP contribution in [-0.4, -0.2) is 24.2 Å². The number of benzene rings is 1. The first-order valence-corrected chi connectivity index (χ1v) is 6.08. The number of hydrogen-bond donors (Lipinski definition) is 2. The van der Waals surface area contributed by atoms with E-state index in [1.54, 1.807) is 0 Å². The molecule has 98 valence electrons. The fourth-order valence-corrected chi connectivity index (χ4v) is 1.83. The molecule has 0 amide bonds. The van der Waals surface area contributed by atoms with E-state index in [-0.39, 0.29) is 5.41 Å². The van der Waals surface area contributed by atoms with Crippen LogP contribution in [0.4, 0.5) is 0 Å². The van der Waals surface area contributed by atoms with E-state index >= 15 is 0 Å². The van der Waals surface area contributed by atoms with Gasteiger partial charge in [-0.15, -0.1) is 0 Å². The Labute approximate surface area is 109 Å². The topological polar surface area (TPSA) is 49.3 Å². The second-order valence-corrected chi connectivity index (χ2v) is 5.18. The number of hydrogen-bond acceptors (Lipinski definition) is 2. The van der Waals surface area contributed by atoms with Crippen molar-refractivity contribution in [3.63, 3.8) is 0 Å². The predicted molar refractivity (Wildman–Crippen MR) is 73.7 cm³/mol. The van der Waals surface area contributed by atoms with Crippen LogP contribution in [0.15, 0.2) is 42.0 Å². The first-order valence-electron chi connectivity index (χ1n) is 6.08. The summed E-state index contributed by atoms with van der Waals surface area (Å²) in [7, 11) is 0. The summed E-state index contributed by atoms with van der Waals surface area (Å²) in [6.45, 7) is 7.57. The van der Waals surface area contributed by atoms with Crippen LogP contribution >= 0.6 is 0 Å². The molecule has 1 aromatic carbocycles. The molecule has 0 aliphatic heterocycles. The molecule has 0 saturated heterocycles. The molecular weight excluding hydrogens is 226 g/mol. The fraction of sp³-hybridized carbons (Fsp3) is 0.400. The zero-order valence-electron chi connectivity index (χ0n) is 11.2. The molecule has 0 spiro atoms. The monoisotopic (exact) mass is 247 g/mol. The largest absolute Gasteiger partial charge is 0.478 e. The maximum absolute atomic E-state index is 10.5. The van der Waals surface area contributed by atoms with Crippen LogP contribution in [0.1, 0.15) is 26.3 Å². The number of carbonyl (C=O) groups is 1. The number of nitrogens with one attached hydrogen (secondary N) is 1. The van der Waals surface area contributed by atoms with Crippen LogP contribution < -0.4 is 5.32 Å². The zero-order valence-corrected chi connectivity index (χ0v) is 11.2. The summed E-state index contributed by atoms with van der Waals surface area (Å²) in [6, 6.07) is 10.3. The number of aliphatic carboxylic acids is 1. The van der Waals surface area contributed by atoms with Gasteiger partial charge in [-0.2, -0.15) is 0 Å². The highest BCUT2D eigenvalue weighted by Crippen LogP contribution is 2.21. The van der Waals surface area contributed by atoms with Gasteiger partial charge in [-0.3, -0.25) is 0 Å². The second-order valence-electron chi connectivity index (χ2n) is 5.18. The first kappa shape index (κ1) is 14.5. The van der Waals surface area contributed by atoms with Gasteiger partial charge in [0.25, 0.3) is 0 Å². The van der Waals surface area contributed by atoms with Gasteiger partial charge in [0.2, 0.25) is 0 Å². The van der Waals surface area contributed by atoms with Gasteiger partial charge in [-0.1, -0.05) is 49.8 Å². The van der Waals surface area contributed by atoms with Gasteiger partial charge >= 0.3 is 5.97 Å². The maximum atomic E-state index is 10.5. The molecule has 0 atom stereocenters. The summed E-state index contributed by atoms with van der Waals surface area (Å²) in [6.07, 6.45) is 1.24. The van der Waals surface area contributed by atoms with Gasteiger partial charge in [0, 0.05) is 24.6 Å². The van der Waals surface area contributed by atoms with E-state index in [4.69, 9.17) is 5.11 Å². The van der Waals surface area contributed by atoms with Crippen LogP contribution in [0.3, 0.4) is 0 Å². The summed E-state index contributed by atoms with van der Waals surface area (Å²) >= 11 is 0. The summed E-state index contributed by atoms with van der Waals surface area (Å²) < 4.78 is 0. The second kappa shape index (κ2) is 6.36. The van der Waals surface area contributed by atoms with Crippen molar-refractivity contribution in [2.75, 3.05) is 13.1 Å². The molecule has 2 N–H and O–H groups in total. The van der Waals surface area contributed by atoms with Gasteiger partial charge < -0.3 is 10.4 Å². The van der Waals surface area contributed by atoms with Crippen molar-refractivity contribution in [2.45, 2.75) is 26.2 Å². The maximum Gasteiger partial charge on any atom is 0.328 e. The average molecular weight is 247 g/mol. The molecule has 0 heterocycles. The van der Waals surface area contributed by atoms with Crippen LogP contribution in [0.25, 0.3) is 0 Å². The van der Waals surface area contributed by atoms with E-state index < -0.39 is 5.97 Å². The van der Waals surface area contributed by atoms with Crippen molar-refractivity contribution in [1.82, 2.24) is 5.32 Å². The third-order valence-corrected chi connectivity index (χ3v) is 2.90. The van der Waals surface area contributed by atoms with Crippen molar-refractivity contribution in [3.8, 4) is 0 Å². The molecule has 0 aromatic heterocycles. The zero-order chi connectivity index (χ0) is 13.6. The van der Waals surface area contributed by atoms with E-state index in [2.05, 4.69) is 31.3 Å². The molecule has 0 aliphatic carbocycles. The van der Waals surface area contributed by atoms with Crippen LogP contribution in [0.2, 0.25) is 0 Å². The molecule has 3 nitrogen and oxygen atoms in total. The van der Waals surface area contributed by atoms with Crippen LogP contribution in [-0.2, 0) is 10.2 Å². The Morgan fingerprint density at radius 2 is 1.94 bits per heavy atom. The van der Waals surface area contributed by atoms with Gasteiger partial charge in [-0.05, 0) is 12.5 Å². The molecule has 0 saturated carbocycles. The minimum absolute atomic E-state index is 0.0325. The summed E-state index contributed by atoms with van der Waals surface area (Å²) in [5.74, 6) is -0.892. The Bertz CT molecular complexity index is 421. The quantitative estimate of drug-likeness (QED) is 0.760. The number of carboxylic acid groups (broad SMARTS) is 1. The third-order valence-electron chi connectivity index (χ3n) is 2.90. The average Bonchev–Trinajstić information content (AvgIpc) is 2.29. The lowest BCUT2D eigenvalue weighted by Crippen LogP contribution is -2.33. The molecule has 1 rings (SSSR count). The van der Waals surface area contributed by atoms with E-state index in [0.29, 0.717) is 6.54 Å². The SMILES string of the molecule is C/C(=C/C(=O)O)CNCC(C)(C)c1ccccc1. The Morgan fingerprint density at radius 1 is 1.33 bits per heavy atom. The summed E-state index contributed by atoms with van der Waals surface area (Å²) in [5, 5.41) is 11.9. The Morgan fingerprint density at radius 3 is 2.50 bits per heavy atom. The van der Waals surface area contributed by atoms with Gasteiger partial charge in [0.15, 0.2) is 0 Å². The Kier molecular flexibility index (Phi) is 5.10. The number of carboxylic acids is 1. The van der Waals surface area contributed by atoms with E-state index in [1.165, 1.54) is 11.6 Å². The smallest absolute Gasteiger partial charge is 0.328 e. The predicted octanol–water partition coefficient (Wildman–Crippen LogP) is 2.58. The lowest BCUT2D eigenvalue weighted by molar-refractivity contribution is -0.131. The molecule has 0 radical (unpaired) electrons. The molecule has 0 bridgehead atoms. The van der Waals surface area contributed by atoms with Crippen molar-refractivity contribution in [3.05, 3.63) is 47.5 Å². The van der Waals surface area contributed by atoms with Gasteiger partial charge in [-0.25, -0.2) is 4.79 Å². The lowest BCUT2D eigenvalue weighted by Gasteiger charge is -2.25. The molecule has 18 heavy (non-hydrogen) atoms. The fourth-order valence-electron chi connectivity index (χ4n) is 1.83. The number of rotatable bonds is 6. The van der Waals surface area contributed by atoms with Crippen molar-refractivity contribution in [2.24, 2.45) is 0 Å². The van der Waals surface area contributed by atoms with E-state index in [0.717, 1.165) is 12.1 Å². The van der Waals surface area contributed by atoms with Gasteiger partial charge in [0.05, 0.1) is 0 Å². The van der Waals surface area contributed by atoms with Crippen molar-refractivity contribution < 1.29 is 9.90 Å². The highest BCUT2D eigenvalue weighted by Gasteiger charge is 2.19. The van der Waals surface area contributed by atoms with Crippen LogP contribution in [0, 0.1) is 0 Å². The minimum atomic E-state index is -0.892. The first-order chi connectivity index (χ1) is 8.42. The normalized spacial score (nSPS) is 12.5. The minimum Gasteiger partial charge on any atom is -0.478 e. The van der Waals surface area contributed by atoms with Gasteiger partial charge in [0.1, 0.15) is 0 Å². The molecular formula is C15H21NO2. The molecule has 1 aromatic rings. The van der Waals surface area contributed by atoms with E-state index in [1.807, 2.05) is 25.1 Å². The molecule has 0 unspecified atom stereocenters. The van der Waals surface area contributed by atoms with E-state index in [9.17, 15) is 4.79 Å². The van der Waals surface area contributed by atoms with Crippen LogP contribution in [0.5, 0.6) is 0 Å². The Balaban J connectivity index is 2.51. The summed E-state index contributed by atoms with van der Waals surface area (Å²) in [4.78, 5) is 10.5. The van der Waals surface area contributed by atoms with Crippen molar-refractivity contribution >= 4 is 5.97 Å². The highest BCUT2D eigenvalue weighted by molar-refractivity contribution is 5.80. The molecule has 0 aliphatic rings. The molecule has 3 heteroatoms.